The molecule has 0 atom stereocenters. The van der Waals surface area contributed by atoms with Crippen LogP contribution in [0.2, 0.25) is 5.15 Å². The number of benzene rings is 1. The molecule has 0 spiro atoms. The Morgan fingerprint density at radius 1 is 1.23 bits per heavy atom. The van der Waals surface area contributed by atoms with E-state index in [1.54, 1.807) is 24.0 Å². The summed E-state index contributed by atoms with van der Waals surface area (Å²) >= 11 is 8.95. The van der Waals surface area contributed by atoms with Crippen molar-refractivity contribution in [1.82, 2.24) is 15.2 Å². The number of pyridine rings is 1. The number of rotatable bonds is 5. The molecule has 7 heteroatoms. The number of aromatic nitrogens is 3. The van der Waals surface area contributed by atoms with Gasteiger partial charge in [-0.3, -0.25) is 0 Å². The van der Waals surface area contributed by atoms with Gasteiger partial charge in [0.25, 0.3) is 0 Å². The lowest BCUT2D eigenvalue weighted by Crippen LogP contribution is -1.89. The van der Waals surface area contributed by atoms with Gasteiger partial charge in [-0.2, -0.15) is 0 Å². The first kappa shape index (κ1) is 15.3. The number of aryl methyl sites for hydroxylation is 1. The summed E-state index contributed by atoms with van der Waals surface area (Å²) in [6.45, 7) is 2.06. The summed E-state index contributed by atoms with van der Waals surface area (Å²) in [5.41, 5.74) is 3.34. The Balaban J connectivity index is 1.60. The standard InChI is InChI=1S/C15H13ClN4S2/c1-10-3-2-4-12(7-10)18-14-19-20-15(22-14)21-9-11-5-6-13(16)17-8-11/h2-8H,9H2,1H3,(H,18,19). The molecule has 0 saturated carbocycles. The summed E-state index contributed by atoms with van der Waals surface area (Å²) in [6.07, 6.45) is 1.78. The normalized spacial score (nSPS) is 10.6. The molecule has 0 saturated heterocycles. The lowest BCUT2D eigenvalue weighted by molar-refractivity contribution is 1.01. The van der Waals surface area contributed by atoms with Crippen molar-refractivity contribution in [3.8, 4) is 0 Å². The lowest BCUT2D eigenvalue weighted by atomic mass is 10.2. The van der Waals surface area contributed by atoms with Gasteiger partial charge in [0.2, 0.25) is 5.13 Å². The van der Waals surface area contributed by atoms with E-state index in [4.69, 9.17) is 11.6 Å². The highest BCUT2D eigenvalue weighted by molar-refractivity contribution is 8.00. The van der Waals surface area contributed by atoms with E-state index < -0.39 is 0 Å². The van der Waals surface area contributed by atoms with Gasteiger partial charge >= 0.3 is 0 Å². The second-order valence-corrected chi connectivity index (χ2v) is 7.23. The fourth-order valence-corrected chi connectivity index (χ4v) is 3.62. The van der Waals surface area contributed by atoms with E-state index in [0.717, 1.165) is 26.5 Å². The van der Waals surface area contributed by atoms with Crippen LogP contribution in [0, 0.1) is 6.92 Å². The van der Waals surface area contributed by atoms with Crippen LogP contribution in [-0.4, -0.2) is 15.2 Å². The second kappa shape index (κ2) is 7.09. The summed E-state index contributed by atoms with van der Waals surface area (Å²) in [5.74, 6) is 0.795. The topological polar surface area (TPSA) is 50.7 Å². The van der Waals surface area contributed by atoms with Crippen LogP contribution in [0.4, 0.5) is 10.8 Å². The van der Waals surface area contributed by atoms with Gasteiger partial charge in [-0.1, -0.05) is 52.9 Å². The highest BCUT2D eigenvalue weighted by atomic mass is 35.5. The van der Waals surface area contributed by atoms with Gasteiger partial charge in [0.15, 0.2) is 4.34 Å². The van der Waals surface area contributed by atoms with Crippen molar-refractivity contribution >= 4 is 45.5 Å². The van der Waals surface area contributed by atoms with Crippen LogP contribution in [0.1, 0.15) is 11.1 Å². The number of hydrogen-bond donors (Lipinski definition) is 1. The molecule has 22 heavy (non-hydrogen) atoms. The molecule has 2 heterocycles. The average molecular weight is 349 g/mol. The van der Waals surface area contributed by atoms with Gasteiger partial charge < -0.3 is 5.32 Å². The van der Waals surface area contributed by atoms with Crippen molar-refractivity contribution in [3.63, 3.8) is 0 Å². The third-order valence-electron chi connectivity index (χ3n) is 2.83. The zero-order valence-corrected chi connectivity index (χ0v) is 14.2. The minimum atomic E-state index is 0.509. The molecule has 2 aromatic heterocycles. The van der Waals surface area contributed by atoms with Crippen LogP contribution in [0.5, 0.6) is 0 Å². The largest absolute Gasteiger partial charge is 0.330 e. The molecule has 0 fully saturated rings. The van der Waals surface area contributed by atoms with E-state index in [1.165, 1.54) is 16.9 Å². The van der Waals surface area contributed by atoms with Crippen LogP contribution >= 0.6 is 34.7 Å². The molecule has 1 N–H and O–H groups in total. The summed E-state index contributed by atoms with van der Waals surface area (Å²) < 4.78 is 0.921. The zero-order chi connectivity index (χ0) is 15.4. The van der Waals surface area contributed by atoms with Crippen LogP contribution in [-0.2, 0) is 5.75 Å². The lowest BCUT2D eigenvalue weighted by Gasteiger charge is -2.02. The van der Waals surface area contributed by atoms with Gasteiger partial charge in [0, 0.05) is 17.6 Å². The maximum absolute atomic E-state index is 5.77. The third kappa shape index (κ3) is 4.19. The number of anilines is 2. The first-order chi connectivity index (χ1) is 10.7. The van der Waals surface area contributed by atoms with Crippen molar-refractivity contribution in [3.05, 3.63) is 58.9 Å². The van der Waals surface area contributed by atoms with Crippen LogP contribution < -0.4 is 5.32 Å². The van der Waals surface area contributed by atoms with Crippen molar-refractivity contribution in [2.45, 2.75) is 17.0 Å². The molecule has 1 aromatic carbocycles. The van der Waals surface area contributed by atoms with E-state index in [-0.39, 0.29) is 0 Å². The first-order valence-corrected chi connectivity index (χ1v) is 8.77. The highest BCUT2D eigenvalue weighted by Gasteiger charge is 2.06. The van der Waals surface area contributed by atoms with Crippen molar-refractivity contribution in [1.29, 1.82) is 0 Å². The second-order valence-electron chi connectivity index (χ2n) is 4.65. The number of halogens is 1. The van der Waals surface area contributed by atoms with Crippen LogP contribution in [0.15, 0.2) is 46.9 Å². The highest BCUT2D eigenvalue weighted by Crippen LogP contribution is 2.30. The molecule has 0 amide bonds. The van der Waals surface area contributed by atoms with Gasteiger partial charge in [-0.15, -0.1) is 10.2 Å². The van der Waals surface area contributed by atoms with E-state index in [2.05, 4.69) is 39.6 Å². The minimum Gasteiger partial charge on any atom is -0.330 e. The predicted molar refractivity (Wildman–Crippen MR) is 93.2 cm³/mol. The Bertz CT molecular complexity index is 758. The fourth-order valence-electron chi connectivity index (χ4n) is 1.80. The summed E-state index contributed by atoms with van der Waals surface area (Å²) in [5, 5.41) is 12.9. The third-order valence-corrected chi connectivity index (χ3v) is 5.09. The molecular weight excluding hydrogens is 336 g/mol. The fraction of sp³-hybridized carbons (Fsp3) is 0.133. The van der Waals surface area contributed by atoms with Gasteiger partial charge in [0.05, 0.1) is 0 Å². The maximum atomic E-state index is 5.77. The maximum Gasteiger partial charge on any atom is 0.210 e. The molecule has 4 nitrogen and oxygen atoms in total. The molecule has 112 valence electrons. The quantitative estimate of drug-likeness (QED) is 0.523. The van der Waals surface area contributed by atoms with Crippen LogP contribution in [0.3, 0.4) is 0 Å². The van der Waals surface area contributed by atoms with E-state index in [1.807, 2.05) is 18.2 Å². The molecule has 3 rings (SSSR count). The van der Waals surface area contributed by atoms with E-state index >= 15 is 0 Å². The average Bonchev–Trinajstić information content (AvgIpc) is 2.94. The van der Waals surface area contributed by atoms with Gasteiger partial charge in [-0.05, 0) is 36.2 Å². The molecule has 0 aliphatic carbocycles. The summed E-state index contributed by atoms with van der Waals surface area (Å²) in [4.78, 5) is 4.07. The molecule has 0 aliphatic rings. The number of nitrogens with zero attached hydrogens (tertiary/aromatic N) is 3. The Morgan fingerprint density at radius 2 is 2.14 bits per heavy atom. The molecule has 3 aromatic rings. The Labute approximate surface area is 142 Å². The smallest absolute Gasteiger partial charge is 0.210 e. The SMILES string of the molecule is Cc1cccc(Nc2nnc(SCc3ccc(Cl)nc3)s2)c1. The monoisotopic (exact) mass is 348 g/mol. The van der Waals surface area contributed by atoms with E-state index in [9.17, 15) is 0 Å². The molecule has 0 bridgehead atoms. The molecule has 0 aliphatic heterocycles. The van der Waals surface area contributed by atoms with Crippen molar-refractivity contribution in [2.24, 2.45) is 0 Å². The van der Waals surface area contributed by atoms with E-state index in [0.29, 0.717) is 5.15 Å². The van der Waals surface area contributed by atoms with Crippen LogP contribution in [0.25, 0.3) is 0 Å². The first-order valence-electron chi connectivity index (χ1n) is 6.59. The van der Waals surface area contributed by atoms with Crippen molar-refractivity contribution in [2.75, 3.05) is 5.32 Å². The Kier molecular flexibility index (Phi) is 4.92. The van der Waals surface area contributed by atoms with Gasteiger partial charge in [0.1, 0.15) is 5.15 Å². The minimum absolute atomic E-state index is 0.509. The Morgan fingerprint density at radius 3 is 2.91 bits per heavy atom. The summed E-state index contributed by atoms with van der Waals surface area (Å²) in [7, 11) is 0. The molecular formula is C15H13ClN4S2. The predicted octanol–water partition coefficient (Wildman–Crippen LogP) is 4.93. The number of nitrogens with one attached hydrogen (secondary N) is 1. The molecule has 0 unspecified atom stereocenters. The van der Waals surface area contributed by atoms with Gasteiger partial charge in [-0.25, -0.2) is 4.98 Å². The zero-order valence-electron chi connectivity index (χ0n) is 11.8. The molecule has 0 radical (unpaired) electrons. The number of thioether (sulfide) groups is 1. The summed E-state index contributed by atoms with van der Waals surface area (Å²) in [6, 6.07) is 11.9. The number of hydrogen-bond acceptors (Lipinski definition) is 6. The Hall–Kier alpha value is -1.63. The van der Waals surface area contributed by atoms with Crippen molar-refractivity contribution < 1.29 is 0 Å².